The predicted molar refractivity (Wildman–Crippen MR) is 81.3 cm³/mol. The Hall–Kier alpha value is -0.890. The van der Waals surface area contributed by atoms with E-state index in [0.717, 1.165) is 13.0 Å². The molecule has 1 aliphatic rings. The molecule has 1 unspecified atom stereocenters. The molecule has 0 bridgehead atoms. The molecule has 1 aromatic heterocycles. The van der Waals surface area contributed by atoms with Gasteiger partial charge in [0.05, 0.1) is 0 Å². The predicted octanol–water partition coefficient (Wildman–Crippen LogP) is 3.88. The number of aromatic nitrogens is 1. The van der Waals surface area contributed by atoms with Crippen molar-refractivity contribution >= 4 is 0 Å². The Morgan fingerprint density at radius 1 is 1.32 bits per heavy atom. The maximum Gasteiger partial charge on any atom is 0.0448 e. The van der Waals surface area contributed by atoms with E-state index in [1.807, 2.05) is 12.3 Å². The number of pyridine rings is 1. The van der Waals surface area contributed by atoms with Gasteiger partial charge in [-0.05, 0) is 49.8 Å². The summed E-state index contributed by atoms with van der Waals surface area (Å²) in [4.78, 5) is 4.60. The van der Waals surface area contributed by atoms with Gasteiger partial charge in [0.1, 0.15) is 0 Å². The molecule has 19 heavy (non-hydrogen) atoms. The lowest BCUT2D eigenvalue weighted by Crippen LogP contribution is -2.45. The largest absolute Gasteiger partial charge is 0.313 e. The van der Waals surface area contributed by atoms with Crippen molar-refractivity contribution in [2.75, 3.05) is 6.54 Å². The van der Waals surface area contributed by atoms with E-state index in [4.69, 9.17) is 0 Å². The van der Waals surface area contributed by atoms with Crippen LogP contribution in [0.5, 0.6) is 0 Å². The van der Waals surface area contributed by atoms with Gasteiger partial charge in [-0.25, -0.2) is 0 Å². The van der Waals surface area contributed by atoms with Crippen molar-refractivity contribution in [3.8, 4) is 0 Å². The number of likely N-dealkylation sites (N-methyl/N-ethyl adjacent to an activating group) is 1. The standard InChI is InChI=1S/C17H28N2/c1-4-17(10-6-7-11-17)16(18-5-2)13-15-14(3)9-8-12-19-15/h8-9,12,16,18H,4-7,10-11,13H2,1-3H3. The minimum atomic E-state index is 0.500. The van der Waals surface area contributed by atoms with Gasteiger partial charge in [-0.1, -0.05) is 32.8 Å². The first kappa shape index (κ1) is 14.5. The van der Waals surface area contributed by atoms with Crippen molar-refractivity contribution in [2.45, 2.75) is 65.3 Å². The molecule has 1 N–H and O–H groups in total. The fourth-order valence-corrected chi connectivity index (χ4v) is 3.70. The summed E-state index contributed by atoms with van der Waals surface area (Å²) in [6, 6.07) is 4.80. The Kier molecular flexibility index (Phi) is 4.98. The molecule has 0 aliphatic heterocycles. The van der Waals surface area contributed by atoms with Gasteiger partial charge < -0.3 is 5.32 Å². The van der Waals surface area contributed by atoms with Crippen LogP contribution in [0.2, 0.25) is 0 Å². The van der Waals surface area contributed by atoms with Crippen molar-refractivity contribution in [3.05, 3.63) is 29.6 Å². The second-order valence-electron chi connectivity index (χ2n) is 6.00. The highest BCUT2D eigenvalue weighted by Crippen LogP contribution is 2.44. The second kappa shape index (κ2) is 6.51. The normalized spacial score (nSPS) is 19.5. The molecule has 2 nitrogen and oxygen atoms in total. The molecule has 106 valence electrons. The summed E-state index contributed by atoms with van der Waals surface area (Å²) in [6.07, 6.45) is 9.86. The molecule has 0 saturated heterocycles. The van der Waals surface area contributed by atoms with Gasteiger partial charge in [0.2, 0.25) is 0 Å². The minimum absolute atomic E-state index is 0.500. The van der Waals surface area contributed by atoms with Gasteiger partial charge in [-0.15, -0.1) is 0 Å². The number of hydrogen-bond donors (Lipinski definition) is 1. The van der Waals surface area contributed by atoms with Crippen LogP contribution in [0.4, 0.5) is 0 Å². The smallest absolute Gasteiger partial charge is 0.0448 e. The molecule has 2 heteroatoms. The van der Waals surface area contributed by atoms with Crippen LogP contribution in [0.25, 0.3) is 0 Å². The Bertz CT molecular complexity index is 394. The number of aryl methyl sites for hydroxylation is 1. The van der Waals surface area contributed by atoms with Crippen LogP contribution >= 0.6 is 0 Å². The van der Waals surface area contributed by atoms with E-state index in [-0.39, 0.29) is 0 Å². The number of nitrogens with zero attached hydrogens (tertiary/aromatic N) is 1. The number of rotatable bonds is 6. The molecular formula is C17H28N2. The van der Waals surface area contributed by atoms with Crippen LogP contribution in [0.3, 0.4) is 0 Å². The van der Waals surface area contributed by atoms with Crippen molar-refractivity contribution in [1.29, 1.82) is 0 Å². The van der Waals surface area contributed by atoms with Crippen LogP contribution in [-0.2, 0) is 6.42 Å². The maximum absolute atomic E-state index is 4.60. The molecule has 1 aromatic rings. The lowest BCUT2D eigenvalue weighted by atomic mass is 9.74. The van der Waals surface area contributed by atoms with Gasteiger partial charge >= 0.3 is 0 Å². The Balaban J connectivity index is 2.18. The summed E-state index contributed by atoms with van der Waals surface area (Å²) < 4.78 is 0. The van der Waals surface area contributed by atoms with E-state index >= 15 is 0 Å². The van der Waals surface area contributed by atoms with Crippen LogP contribution < -0.4 is 5.32 Å². The molecule has 1 fully saturated rings. The molecule has 0 amide bonds. The quantitative estimate of drug-likeness (QED) is 0.839. The molecule has 0 spiro atoms. The Labute approximate surface area is 118 Å². The highest BCUT2D eigenvalue weighted by Gasteiger charge is 2.39. The minimum Gasteiger partial charge on any atom is -0.313 e. The number of nitrogens with one attached hydrogen (secondary N) is 1. The summed E-state index contributed by atoms with van der Waals surface area (Å²) in [5, 5.41) is 3.75. The first-order chi connectivity index (χ1) is 9.22. The van der Waals surface area contributed by atoms with E-state index in [1.165, 1.54) is 43.4 Å². The molecule has 0 aromatic carbocycles. The first-order valence-electron chi connectivity index (χ1n) is 7.85. The average molecular weight is 260 g/mol. The molecular weight excluding hydrogens is 232 g/mol. The second-order valence-corrected chi connectivity index (χ2v) is 6.00. The van der Waals surface area contributed by atoms with Gasteiger partial charge in [-0.3, -0.25) is 4.98 Å². The molecule has 1 heterocycles. The summed E-state index contributed by atoms with van der Waals surface area (Å²) in [5.41, 5.74) is 3.10. The third-order valence-electron chi connectivity index (χ3n) is 5.01. The van der Waals surface area contributed by atoms with Crippen molar-refractivity contribution in [2.24, 2.45) is 5.41 Å². The van der Waals surface area contributed by atoms with E-state index in [2.05, 4.69) is 37.1 Å². The fraction of sp³-hybridized carbons (Fsp3) is 0.706. The summed E-state index contributed by atoms with van der Waals surface area (Å²) in [6.45, 7) is 7.81. The first-order valence-corrected chi connectivity index (χ1v) is 7.85. The van der Waals surface area contributed by atoms with Gasteiger partial charge in [-0.2, -0.15) is 0 Å². The summed E-state index contributed by atoms with van der Waals surface area (Å²) in [5.74, 6) is 0. The van der Waals surface area contributed by atoms with Crippen molar-refractivity contribution in [1.82, 2.24) is 10.3 Å². The highest BCUT2D eigenvalue weighted by molar-refractivity contribution is 5.19. The van der Waals surface area contributed by atoms with Crippen LogP contribution in [0, 0.1) is 12.3 Å². The zero-order valence-corrected chi connectivity index (χ0v) is 12.7. The van der Waals surface area contributed by atoms with Gasteiger partial charge in [0.15, 0.2) is 0 Å². The van der Waals surface area contributed by atoms with E-state index in [9.17, 15) is 0 Å². The van der Waals surface area contributed by atoms with Crippen LogP contribution in [0.1, 0.15) is 57.2 Å². The Morgan fingerprint density at radius 3 is 2.63 bits per heavy atom. The van der Waals surface area contributed by atoms with Crippen molar-refractivity contribution < 1.29 is 0 Å². The zero-order chi connectivity index (χ0) is 13.7. The molecule has 1 saturated carbocycles. The van der Waals surface area contributed by atoms with Gasteiger partial charge in [0, 0.05) is 24.4 Å². The monoisotopic (exact) mass is 260 g/mol. The summed E-state index contributed by atoms with van der Waals surface area (Å²) >= 11 is 0. The average Bonchev–Trinajstić information content (AvgIpc) is 2.90. The lowest BCUT2D eigenvalue weighted by Gasteiger charge is -2.37. The summed E-state index contributed by atoms with van der Waals surface area (Å²) in [7, 11) is 0. The molecule has 1 aliphatic carbocycles. The lowest BCUT2D eigenvalue weighted by molar-refractivity contribution is 0.185. The molecule has 2 rings (SSSR count). The molecule has 0 radical (unpaired) electrons. The van der Waals surface area contributed by atoms with Crippen molar-refractivity contribution in [3.63, 3.8) is 0 Å². The topological polar surface area (TPSA) is 24.9 Å². The van der Waals surface area contributed by atoms with E-state index < -0.39 is 0 Å². The maximum atomic E-state index is 4.60. The van der Waals surface area contributed by atoms with Gasteiger partial charge in [0.25, 0.3) is 0 Å². The third-order valence-corrected chi connectivity index (χ3v) is 5.01. The number of hydrogen-bond acceptors (Lipinski definition) is 2. The van der Waals surface area contributed by atoms with Crippen LogP contribution in [0.15, 0.2) is 18.3 Å². The van der Waals surface area contributed by atoms with Crippen LogP contribution in [-0.4, -0.2) is 17.6 Å². The highest BCUT2D eigenvalue weighted by atomic mass is 14.9. The fourth-order valence-electron chi connectivity index (χ4n) is 3.70. The zero-order valence-electron chi connectivity index (χ0n) is 12.7. The van der Waals surface area contributed by atoms with E-state index in [1.54, 1.807) is 0 Å². The Morgan fingerprint density at radius 2 is 2.05 bits per heavy atom. The third kappa shape index (κ3) is 3.17. The SMILES string of the molecule is CCNC(Cc1ncccc1C)C1(CC)CCCC1. The molecule has 1 atom stereocenters. The van der Waals surface area contributed by atoms with E-state index in [0.29, 0.717) is 11.5 Å².